The van der Waals surface area contributed by atoms with Crippen LogP contribution in [0.25, 0.3) is 0 Å². The molecule has 4 rings (SSSR count). The highest BCUT2D eigenvalue weighted by atomic mass is 19.4. The van der Waals surface area contributed by atoms with E-state index in [1.54, 1.807) is 0 Å². The summed E-state index contributed by atoms with van der Waals surface area (Å²) in [5.41, 5.74) is -0.575. The van der Waals surface area contributed by atoms with Crippen molar-refractivity contribution in [1.29, 1.82) is 0 Å². The van der Waals surface area contributed by atoms with E-state index in [9.17, 15) is 22.8 Å². The van der Waals surface area contributed by atoms with Crippen LogP contribution in [0.5, 0.6) is 0 Å². The van der Waals surface area contributed by atoms with Crippen LogP contribution in [-0.2, 0) is 15.8 Å². The van der Waals surface area contributed by atoms with E-state index in [-0.39, 0.29) is 41.2 Å². The van der Waals surface area contributed by atoms with E-state index in [0.717, 1.165) is 23.5 Å². The molecule has 22 heavy (non-hydrogen) atoms. The third-order valence-corrected chi connectivity index (χ3v) is 4.92. The standard InChI is InChI=1S/C16H12F3NO2/c17-16(18,19)10-3-5-11(6-4-10)20-14(21)12-8-1-2-9(7-8)13(12)15(20)22/h1-6,8-9,12-13H,7H2/t8-,9-,12+,13+/m0/s1. The van der Waals surface area contributed by atoms with Gasteiger partial charge in [-0.1, -0.05) is 12.2 Å². The van der Waals surface area contributed by atoms with E-state index >= 15 is 0 Å². The van der Waals surface area contributed by atoms with Crippen LogP contribution in [0.1, 0.15) is 12.0 Å². The van der Waals surface area contributed by atoms with Gasteiger partial charge < -0.3 is 0 Å². The summed E-state index contributed by atoms with van der Waals surface area (Å²) in [5, 5.41) is 0. The van der Waals surface area contributed by atoms with Crippen LogP contribution in [-0.4, -0.2) is 11.8 Å². The highest BCUT2D eigenvalue weighted by Gasteiger charge is 2.59. The molecule has 1 aliphatic heterocycles. The quantitative estimate of drug-likeness (QED) is 0.591. The molecule has 2 fully saturated rings. The maximum atomic E-state index is 12.6. The van der Waals surface area contributed by atoms with Crippen LogP contribution in [0.15, 0.2) is 36.4 Å². The molecule has 1 saturated carbocycles. The van der Waals surface area contributed by atoms with Crippen LogP contribution in [0.4, 0.5) is 18.9 Å². The molecule has 1 saturated heterocycles. The zero-order valence-electron chi connectivity index (χ0n) is 11.4. The predicted octanol–water partition coefficient (Wildman–Crippen LogP) is 3.02. The molecule has 1 aromatic rings. The molecule has 114 valence electrons. The molecule has 1 heterocycles. The molecule has 2 amide bonds. The lowest BCUT2D eigenvalue weighted by Gasteiger charge is -2.18. The van der Waals surface area contributed by atoms with Crippen molar-refractivity contribution in [2.24, 2.45) is 23.7 Å². The number of anilines is 1. The van der Waals surface area contributed by atoms with Crippen LogP contribution >= 0.6 is 0 Å². The Kier molecular flexibility index (Phi) is 2.59. The van der Waals surface area contributed by atoms with Crippen molar-refractivity contribution in [1.82, 2.24) is 0 Å². The number of fused-ring (bicyclic) bond motifs is 5. The van der Waals surface area contributed by atoms with Gasteiger partial charge in [0.2, 0.25) is 11.8 Å². The van der Waals surface area contributed by atoms with Gasteiger partial charge in [-0.3, -0.25) is 14.5 Å². The van der Waals surface area contributed by atoms with Crippen LogP contribution in [0, 0.1) is 23.7 Å². The van der Waals surface area contributed by atoms with Crippen LogP contribution < -0.4 is 4.90 Å². The first-order valence-corrected chi connectivity index (χ1v) is 7.11. The summed E-state index contributed by atoms with van der Waals surface area (Å²) in [6.07, 6.45) is 0.352. The number of benzene rings is 1. The molecule has 0 N–H and O–H groups in total. The van der Waals surface area contributed by atoms with Crippen molar-refractivity contribution >= 4 is 17.5 Å². The van der Waals surface area contributed by atoms with Crippen molar-refractivity contribution in [3.05, 3.63) is 42.0 Å². The number of carbonyl (C=O) groups excluding carboxylic acids is 2. The molecule has 0 spiro atoms. The lowest BCUT2D eigenvalue weighted by Crippen LogP contribution is -2.32. The summed E-state index contributed by atoms with van der Waals surface area (Å²) in [4.78, 5) is 26.1. The van der Waals surface area contributed by atoms with Gasteiger partial charge in [0.25, 0.3) is 0 Å². The second-order valence-electron chi connectivity index (χ2n) is 6.06. The SMILES string of the molecule is O=C1[C@H]2[C@H](C(=O)N1c1ccc(C(F)(F)F)cc1)[C@H]1C=C[C@H]2C1. The average Bonchev–Trinajstić information content (AvgIpc) is 3.12. The lowest BCUT2D eigenvalue weighted by molar-refractivity contribution is -0.137. The Morgan fingerprint density at radius 2 is 1.41 bits per heavy atom. The summed E-state index contributed by atoms with van der Waals surface area (Å²) in [7, 11) is 0. The van der Waals surface area contributed by atoms with Crippen molar-refractivity contribution in [3.8, 4) is 0 Å². The fraction of sp³-hybridized carbons (Fsp3) is 0.375. The number of hydrogen-bond acceptors (Lipinski definition) is 2. The highest BCUT2D eigenvalue weighted by molar-refractivity contribution is 6.22. The summed E-state index contributed by atoms with van der Waals surface area (Å²) in [6, 6.07) is 4.18. The molecule has 3 aliphatic rings. The van der Waals surface area contributed by atoms with E-state index in [1.165, 1.54) is 12.1 Å². The first kappa shape index (κ1) is 13.5. The first-order valence-electron chi connectivity index (χ1n) is 7.11. The van der Waals surface area contributed by atoms with E-state index in [1.807, 2.05) is 12.2 Å². The highest BCUT2D eigenvalue weighted by Crippen LogP contribution is 2.53. The number of alkyl halides is 3. The summed E-state index contributed by atoms with van der Waals surface area (Å²) < 4.78 is 37.8. The molecule has 2 aliphatic carbocycles. The van der Waals surface area contributed by atoms with Gasteiger partial charge >= 0.3 is 6.18 Å². The van der Waals surface area contributed by atoms with Gasteiger partial charge in [0.15, 0.2) is 0 Å². The predicted molar refractivity (Wildman–Crippen MR) is 71.7 cm³/mol. The minimum atomic E-state index is -4.43. The number of imide groups is 1. The maximum absolute atomic E-state index is 12.6. The lowest BCUT2D eigenvalue weighted by atomic mass is 9.85. The van der Waals surface area contributed by atoms with Crippen LogP contribution in [0.3, 0.4) is 0 Å². The van der Waals surface area contributed by atoms with Gasteiger partial charge in [-0.25, -0.2) is 0 Å². The van der Waals surface area contributed by atoms with Crippen molar-refractivity contribution < 1.29 is 22.8 Å². The Labute approximate surface area is 124 Å². The Morgan fingerprint density at radius 3 is 1.86 bits per heavy atom. The fourth-order valence-electron chi connectivity index (χ4n) is 3.96. The number of allylic oxidation sites excluding steroid dienone is 2. The topological polar surface area (TPSA) is 37.4 Å². The van der Waals surface area contributed by atoms with Gasteiger partial charge in [0, 0.05) is 0 Å². The van der Waals surface area contributed by atoms with Crippen molar-refractivity contribution in [3.63, 3.8) is 0 Å². The molecular formula is C16H12F3NO2. The summed E-state index contributed by atoms with van der Waals surface area (Å²) >= 11 is 0. The average molecular weight is 307 g/mol. The number of hydrogen-bond donors (Lipinski definition) is 0. The normalized spacial score (nSPS) is 33.0. The molecule has 2 bridgehead atoms. The maximum Gasteiger partial charge on any atom is 0.416 e. The molecule has 0 unspecified atom stereocenters. The molecule has 3 nitrogen and oxygen atoms in total. The molecule has 0 radical (unpaired) electrons. The minimum absolute atomic E-state index is 0.0888. The number of nitrogens with zero attached hydrogens (tertiary/aromatic N) is 1. The molecular weight excluding hydrogens is 295 g/mol. The first-order chi connectivity index (χ1) is 10.4. The molecule has 4 atom stereocenters. The number of amides is 2. The molecule has 6 heteroatoms. The molecule has 1 aromatic carbocycles. The van der Waals surface area contributed by atoms with Crippen molar-refractivity contribution in [2.75, 3.05) is 4.90 Å². The zero-order chi connectivity index (χ0) is 15.6. The largest absolute Gasteiger partial charge is 0.416 e. The number of halogens is 3. The Morgan fingerprint density at radius 1 is 0.909 bits per heavy atom. The van der Waals surface area contributed by atoms with Gasteiger partial charge in [-0.2, -0.15) is 13.2 Å². The fourth-order valence-corrected chi connectivity index (χ4v) is 3.96. The summed E-state index contributed by atoms with van der Waals surface area (Å²) in [5.74, 6) is -1.08. The van der Waals surface area contributed by atoms with E-state index in [4.69, 9.17) is 0 Å². The second-order valence-corrected chi connectivity index (χ2v) is 6.06. The van der Waals surface area contributed by atoms with Gasteiger partial charge in [0.1, 0.15) is 0 Å². The van der Waals surface area contributed by atoms with E-state index < -0.39 is 11.7 Å². The molecule has 0 aromatic heterocycles. The van der Waals surface area contributed by atoms with E-state index in [0.29, 0.717) is 0 Å². The zero-order valence-corrected chi connectivity index (χ0v) is 11.4. The van der Waals surface area contributed by atoms with Crippen LogP contribution in [0.2, 0.25) is 0 Å². The number of rotatable bonds is 1. The third-order valence-electron chi connectivity index (χ3n) is 4.92. The Bertz CT molecular complexity index is 662. The second kappa shape index (κ2) is 4.21. The number of carbonyl (C=O) groups is 2. The van der Waals surface area contributed by atoms with Crippen molar-refractivity contribution in [2.45, 2.75) is 12.6 Å². The smallest absolute Gasteiger partial charge is 0.274 e. The van der Waals surface area contributed by atoms with Gasteiger partial charge in [0.05, 0.1) is 23.1 Å². The van der Waals surface area contributed by atoms with Gasteiger partial charge in [-0.05, 0) is 42.5 Å². The minimum Gasteiger partial charge on any atom is -0.274 e. The Balaban J connectivity index is 1.67. The third kappa shape index (κ3) is 1.69. The monoisotopic (exact) mass is 307 g/mol. The van der Waals surface area contributed by atoms with Gasteiger partial charge in [-0.15, -0.1) is 0 Å². The summed E-state index contributed by atoms with van der Waals surface area (Å²) in [6.45, 7) is 0. The Hall–Kier alpha value is -2.11. The van der Waals surface area contributed by atoms with E-state index in [2.05, 4.69) is 0 Å².